The molecule has 0 radical (unpaired) electrons. The molecule has 0 aliphatic carbocycles. The SMILES string of the molecule is CCN(CCC#Cc1cnn(CC(=O)N[C@H](C(=O)N2C[C@H](O)C[C@H]2C(=O)N[C@@H](C)c2ccc(-c3scnc3C)cc2)C(C)(C)C)c1)CCOc1ccc(C(=O)c2c(-c3ccc(O)cc3)sc3cc(O)ccc23)cc1. The highest BCUT2D eigenvalue weighted by atomic mass is 32.1. The van der Waals surface area contributed by atoms with E-state index in [1.807, 2.05) is 64.4 Å². The first-order chi connectivity index (χ1) is 35.4. The molecule has 4 aromatic carbocycles. The van der Waals surface area contributed by atoms with E-state index in [4.69, 9.17) is 4.74 Å². The number of amides is 3. The van der Waals surface area contributed by atoms with Gasteiger partial charge in [-0.25, -0.2) is 4.98 Å². The molecule has 1 aliphatic heterocycles. The Labute approximate surface area is 438 Å². The second kappa shape index (κ2) is 23.2. The molecule has 384 valence electrons. The van der Waals surface area contributed by atoms with Crippen LogP contribution in [0.3, 0.4) is 0 Å². The Bertz CT molecular complexity index is 3180. The summed E-state index contributed by atoms with van der Waals surface area (Å²) >= 11 is 2.98. The number of aliphatic hydroxyl groups excluding tert-OH is 1. The van der Waals surface area contributed by atoms with E-state index in [1.54, 1.807) is 90.5 Å². The summed E-state index contributed by atoms with van der Waals surface area (Å²) in [4.78, 5) is 65.2. The molecule has 5 N–H and O–H groups in total. The fourth-order valence-electron chi connectivity index (χ4n) is 8.96. The Morgan fingerprint density at radius 3 is 2.31 bits per heavy atom. The number of likely N-dealkylation sites (tertiary alicyclic amines) is 1. The van der Waals surface area contributed by atoms with Crippen molar-refractivity contribution >= 4 is 56.3 Å². The lowest BCUT2D eigenvalue weighted by atomic mass is 9.85. The fraction of sp³-hybridized carbons (Fsp3) is 0.333. The van der Waals surface area contributed by atoms with Gasteiger partial charge in [-0.15, -0.1) is 22.7 Å². The van der Waals surface area contributed by atoms with Crippen LogP contribution in [0.5, 0.6) is 17.2 Å². The van der Waals surface area contributed by atoms with Gasteiger partial charge in [-0.2, -0.15) is 5.10 Å². The van der Waals surface area contributed by atoms with Crippen LogP contribution in [0.1, 0.15) is 86.2 Å². The zero-order valence-electron chi connectivity index (χ0n) is 42.3. The molecule has 74 heavy (non-hydrogen) atoms. The molecule has 1 aliphatic rings. The van der Waals surface area contributed by atoms with Crippen molar-refractivity contribution in [1.82, 2.24) is 35.2 Å². The van der Waals surface area contributed by atoms with Crippen LogP contribution in [0.25, 0.3) is 31.0 Å². The number of thiophene rings is 1. The maximum absolute atomic E-state index is 14.2. The Morgan fingerprint density at radius 2 is 1.62 bits per heavy atom. The summed E-state index contributed by atoms with van der Waals surface area (Å²) < 4.78 is 8.32. The first kappa shape index (κ1) is 52.9. The third-order valence-corrected chi connectivity index (χ3v) is 15.2. The number of phenolic OH excluding ortho intramolecular Hbond substituents is 2. The summed E-state index contributed by atoms with van der Waals surface area (Å²) in [6, 6.07) is 24.4. The van der Waals surface area contributed by atoms with Gasteiger partial charge in [0.15, 0.2) is 5.78 Å². The number of aromatic nitrogens is 3. The maximum atomic E-state index is 14.2. The van der Waals surface area contributed by atoms with Crippen molar-refractivity contribution in [2.45, 2.75) is 85.2 Å². The third-order valence-electron chi connectivity index (χ3n) is 13.1. The van der Waals surface area contributed by atoms with Gasteiger partial charge < -0.3 is 35.6 Å². The summed E-state index contributed by atoms with van der Waals surface area (Å²) in [5.41, 5.74) is 6.45. The first-order valence-corrected chi connectivity index (χ1v) is 26.3. The van der Waals surface area contributed by atoms with Crippen molar-refractivity contribution in [3.05, 3.63) is 137 Å². The number of nitrogens with one attached hydrogen (secondary N) is 2. The number of nitrogens with zero attached hydrogens (tertiary/aromatic N) is 5. The van der Waals surface area contributed by atoms with E-state index < -0.39 is 35.4 Å². The molecule has 4 atom stereocenters. The van der Waals surface area contributed by atoms with Gasteiger partial charge >= 0.3 is 0 Å². The van der Waals surface area contributed by atoms with E-state index in [9.17, 15) is 34.5 Å². The number of carbonyl (C=O) groups excluding carboxylic acids is 4. The van der Waals surface area contributed by atoms with E-state index in [2.05, 4.69) is 44.4 Å². The summed E-state index contributed by atoms with van der Waals surface area (Å²) in [5, 5.41) is 41.7. The second-order valence-electron chi connectivity index (χ2n) is 19.5. The smallest absolute Gasteiger partial charge is 0.246 e. The molecular formula is C57H61N7O8S2. The van der Waals surface area contributed by atoms with Crippen LogP contribution in [0, 0.1) is 24.2 Å². The molecule has 1 saturated heterocycles. The number of fused-ring (bicyclic) bond motifs is 1. The highest BCUT2D eigenvalue weighted by molar-refractivity contribution is 7.22. The Balaban J connectivity index is 0.797. The first-order valence-electron chi connectivity index (χ1n) is 24.6. The van der Waals surface area contributed by atoms with Crippen molar-refractivity contribution in [2.75, 3.05) is 32.8 Å². The molecule has 7 aromatic rings. The number of carbonyl (C=O) groups is 4. The van der Waals surface area contributed by atoms with Gasteiger partial charge in [0.05, 0.1) is 40.0 Å². The number of phenols is 2. The van der Waals surface area contributed by atoms with E-state index in [0.717, 1.165) is 48.8 Å². The lowest BCUT2D eigenvalue weighted by molar-refractivity contribution is -0.144. The summed E-state index contributed by atoms with van der Waals surface area (Å²) in [5.74, 6) is 5.79. The van der Waals surface area contributed by atoms with Crippen molar-refractivity contribution in [3.63, 3.8) is 0 Å². The molecule has 17 heteroatoms. The number of thiazole rings is 1. The van der Waals surface area contributed by atoms with Crippen LogP contribution in [0.4, 0.5) is 0 Å². The topological polar surface area (TPSA) is 199 Å². The average molecular weight is 1040 g/mol. The second-order valence-corrected chi connectivity index (χ2v) is 21.4. The summed E-state index contributed by atoms with van der Waals surface area (Å²) in [6.07, 6.45) is 3.04. The number of β-amino-alcohol motifs (C(OH)–C–C–N with tert-alkyl or cyclic N) is 1. The Hall–Kier alpha value is -7.36. The molecule has 4 heterocycles. The lowest BCUT2D eigenvalue weighted by Crippen LogP contribution is -2.58. The Kier molecular flexibility index (Phi) is 16.6. The maximum Gasteiger partial charge on any atom is 0.246 e. The minimum Gasteiger partial charge on any atom is -0.508 e. The summed E-state index contributed by atoms with van der Waals surface area (Å²) in [6.45, 7) is 13.8. The number of ketones is 1. The van der Waals surface area contributed by atoms with Gasteiger partial charge in [0.1, 0.15) is 42.5 Å². The highest BCUT2D eigenvalue weighted by Crippen LogP contribution is 2.42. The quantitative estimate of drug-likeness (QED) is 0.0409. The van der Waals surface area contributed by atoms with Crippen molar-refractivity contribution in [2.24, 2.45) is 5.41 Å². The van der Waals surface area contributed by atoms with Crippen LogP contribution in [-0.4, -0.2) is 114 Å². The van der Waals surface area contributed by atoms with Crippen molar-refractivity contribution < 1.29 is 39.2 Å². The number of rotatable bonds is 18. The van der Waals surface area contributed by atoms with Gasteiger partial charge in [0.25, 0.3) is 0 Å². The molecule has 0 saturated carbocycles. The highest BCUT2D eigenvalue weighted by Gasteiger charge is 2.45. The molecular weight excluding hydrogens is 975 g/mol. The fourth-order valence-corrected chi connectivity index (χ4v) is 11.0. The molecule has 3 aromatic heterocycles. The van der Waals surface area contributed by atoms with Crippen LogP contribution < -0.4 is 15.4 Å². The number of benzene rings is 4. The number of aryl methyl sites for hydroxylation is 1. The number of aliphatic hydroxyl groups is 1. The lowest BCUT2D eigenvalue weighted by Gasteiger charge is -2.35. The number of hydrogen-bond donors (Lipinski definition) is 5. The Morgan fingerprint density at radius 1 is 0.919 bits per heavy atom. The van der Waals surface area contributed by atoms with E-state index in [0.29, 0.717) is 48.6 Å². The molecule has 0 unspecified atom stereocenters. The van der Waals surface area contributed by atoms with E-state index in [1.165, 1.54) is 20.9 Å². The van der Waals surface area contributed by atoms with Gasteiger partial charge in [-0.3, -0.25) is 28.8 Å². The standard InChI is InChI=1S/C57H61N7O8S2/c1-7-62(26-27-72-45-22-17-39(18-23-45)51(69)50-46-24-21-43(66)29-48(46)74-53(50)41-15-19-42(65)20-16-41)25-9-8-10-37-30-59-63(31-37)33-49(68)61-54(57(4,5)6)56(71)64-32-44(67)28-47(64)55(70)60-35(2)38-11-13-40(14-12-38)52-36(3)58-34-73-52/h11-24,29-31,34-35,44,47,54,65-67H,7,9,25-28,32-33H2,1-6H3,(H,60,70)(H,61,68)/t35-,44+,47-,54+/m0/s1. The number of likely N-dealkylation sites (N-methyl/N-ethyl adjacent to an activating group) is 1. The third kappa shape index (κ3) is 12.7. The monoisotopic (exact) mass is 1040 g/mol. The van der Waals surface area contributed by atoms with Crippen LogP contribution >= 0.6 is 22.7 Å². The predicted molar refractivity (Wildman–Crippen MR) is 288 cm³/mol. The zero-order valence-corrected chi connectivity index (χ0v) is 43.9. The normalized spacial score (nSPS) is 15.4. The van der Waals surface area contributed by atoms with E-state index >= 15 is 0 Å². The summed E-state index contributed by atoms with van der Waals surface area (Å²) in [7, 11) is 0. The van der Waals surface area contributed by atoms with Gasteiger partial charge in [-0.1, -0.05) is 63.8 Å². The molecule has 15 nitrogen and oxygen atoms in total. The van der Waals surface area contributed by atoms with E-state index in [-0.39, 0.29) is 48.7 Å². The van der Waals surface area contributed by atoms with Gasteiger partial charge in [0.2, 0.25) is 17.7 Å². The molecule has 0 spiro atoms. The number of hydrogen-bond acceptors (Lipinski definition) is 13. The van der Waals surface area contributed by atoms with Gasteiger partial charge in [0, 0.05) is 64.8 Å². The number of aromatic hydroxyl groups is 2. The number of ether oxygens (including phenoxy) is 1. The zero-order chi connectivity index (χ0) is 52.7. The van der Waals surface area contributed by atoms with Crippen LogP contribution in [-0.2, 0) is 20.9 Å². The van der Waals surface area contributed by atoms with Crippen LogP contribution in [0.2, 0.25) is 0 Å². The minimum absolute atomic E-state index is 0.0312. The van der Waals surface area contributed by atoms with Crippen LogP contribution in [0.15, 0.2) is 109 Å². The predicted octanol–water partition coefficient (Wildman–Crippen LogP) is 8.35. The average Bonchev–Trinajstić information content (AvgIpc) is 4.20. The van der Waals surface area contributed by atoms with Crippen molar-refractivity contribution in [1.29, 1.82) is 0 Å². The molecule has 3 amide bonds. The minimum atomic E-state index is -0.988. The molecule has 1 fully saturated rings. The molecule has 8 rings (SSSR count). The van der Waals surface area contributed by atoms with Crippen molar-refractivity contribution in [3.8, 4) is 50.0 Å². The largest absolute Gasteiger partial charge is 0.508 e. The molecule has 0 bridgehead atoms. The van der Waals surface area contributed by atoms with Gasteiger partial charge in [-0.05, 0) is 109 Å².